The van der Waals surface area contributed by atoms with Gasteiger partial charge in [-0.05, 0) is 20.6 Å². The number of aliphatic imine (C=N–C) groups is 1. The van der Waals surface area contributed by atoms with Crippen molar-refractivity contribution in [2.24, 2.45) is 4.99 Å². The van der Waals surface area contributed by atoms with Crippen molar-refractivity contribution in [3.63, 3.8) is 0 Å². The Morgan fingerprint density at radius 1 is 1.33 bits per heavy atom. The molecule has 0 radical (unpaired) electrons. The number of rotatable bonds is 6. The van der Waals surface area contributed by atoms with Crippen LogP contribution in [0.15, 0.2) is 4.99 Å². The highest BCUT2D eigenvalue weighted by atomic mass is 31.2. The van der Waals surface area contributed by atoms with Crippen LogP contribution >= 0.6 is 7.60 Å². The normalized spacial score (nSPS) is 15.0. The maximum absolute atomic E-state index is 12.4. The first-order valence-electron chi connectivity index (χ1n) is 4.23. The fraction of sp³-hybridized carbons (Fsp3) is 0.857. The predicted octanol–water partition coefficient (Wildman–Crippen LogP) is 2.84. The van der Waals surface area contributed by atoms with E-state index in [1.54, 1.807) is 0 Å². The molecular formula is C7H13F3NO3P. The lowest BCUT2D eigenvalue weighted by atomic mass is 10.6. The molecule has 0 aliphatic rings. The second kappa shape index (κ2) is 5.63. The van der Waals surface area contributed by atoms with E-state index in [-0.39, 0.29) is 13.2 Å². The summed E-state index contributed by atoms with van der Waals surface area (Å²) in [5.41, 5.74) is 0. The lowest BCUT2D eigenvalue weighted by Crippen LogP contribution is -2.28. The molecular weight excluding hydrogens is 234 g/mol. The van der Waals surface area contributed by atoms with Crippen LogP contribution in [0.2, 0.25) is 0 Å². The Bertz CT molecular complexity index is 246. The summed E-state index contributed by atoms with van der Waals surface area (Å²) in [6.07, 6.45) is -4.79. The van der Waals surface area contributed by atoms with E-state index in [0.29, 0.717) is 0 Å². The van der Waals surface area contributed by atoms with Crippen molar-refractivity contribution in [3.8, 4) is 0 Å². The van der Waals surface area contributed by atoms with Gasteiger partial charge in [0, 0.05) is 0 Å². The Kier molecular flexibility index (Phi) is 5.48. The molecule has 0 aromatic carbocycles. The number of alkyl halides is 3. The van der Waals surface area contributed by atoms with E-state index in [1.165, 1.54) is 13.8 Å². The number of hydrogen-bond donors (Lipinski definition) is 0. The summed E-state index contributed by atoms with van der Waals surface area (Å²) in [5, 5.41) is 0. The van der Waals surface area contributed by atoms with Crippen LogP contribution in [0.3, 0.4) is 0 Å². The summed E-state index contributed by atoms with van der Waals surface area (Å²) in [7, 11) is -4.31. The molecule has 1 atom stereocenters. The van der Waals surface area contributed by atoms with Gasteiger partial charge in [0.15, 0.2) is 0 Å². The minimum Gasteiger partial charge on any atom is -0.307 e. The van der Waals surface area contributed by atoms with Crippen molar-refractivity contribution in [2.75, 3.05) is 13.2 Å². The van der Waals surface area contributed by atoms with Crippen molar-refractivity contribution in [3.05, 3.63) is 0 Å². The topological polar surface area (TPSA) is 47.9 Å². The number of nitrogens with zero attached hydrogens (tertiary/aromatic N) is 1. The molecule has 0 fully saturated rings. The van der Waals surface area contributed by atoms with Crippen molar-refractivity contribution >= 4 is 14.3 Å². The summed E-state index contributed by atoms with van der Waals surface area (Å²) < 4.78 is 57.9. The predicted molar refractivity (Wildman–Crippen MR) is 50.3 cm³/mol. The van der Waals surface area contributed by atoms with Crippen LogP contribution in [0.1, 0.15) is 13.8 Å². The molecule has 0 rings (SSSR count). The SMILES string of the molecule is C=NC(C(F)(F)F)P(=O)(OCC)OCC. The third-order valence-electron chi connectivity index (χ3n) is 1.38. The molecule has 0 N–H and O–H groups in total. The fourth-order valence-corrected chi connectivity index (χ4v) is 2.56. The zero-order valence-electron chi connectivity index (χ0n) is 8.45. The molecule has 0 amide bonds. The molecule has 0 heterocycles. The smallest absolute Gasteiger partial charge is 0.307 e. The summed E-state index contributed by atoms with van der Waals surface area (Å²) in [5.74, 6) is -2.52. The third-order valence-corrected chi connectivity index (χ3v) is 3.67. The maximum atomic E-state index is 12.4. The first-order chi connectivity index (χ1) is 6.81. The first kappa shape index (κ1) is 14.6. The van der Waals surface area contributed by atoms with Gasteiger partial charge in [-0.1, -0.05) is 0 Å². The molecule has 1 unspecified atom stereocenters. The Morgan fingerprint density at radius 3 is 1.93 bits per heavy atom. The van der Waals surface area contributed by atoms with E-state index in [2.05, 4.69) is 20.8 Å². The van der Waals surface area contributed by atoms with Crippen LogP contribution in [0, 0.1) is 0 Å². The van der Waals surface area contributed by atoms with Gasteiger partial charge in [-0.2, -0.15) is 13.2 Å². The van der Waals surface area contributed by atoms with Crippen LogP contribution in [-0.2, 0) is 13.6 Å². The van der Waals surface area contributed by atoms with Gasteiger partial charge >= 0.3 is 13.8 Å². The monoisotopic (exact) mass is 247 g/mol. The van der Waals surface area contributed by atoms with Crippen LogP contribution < -0.4 is 0 Å². The highest BCUT2D eigenvalue weighted by Gasteiger charge is 2.53. The quantitative estimate of drug-likeness (QED) is 0.535. The van der Waals surface area contributed by atoms with E-state index in [4.69, 9.17) is 0 Å². The van der Waals surface area contributed by atoms with Gasteiger partial charge in [0.25, 0.3) is 0 Å². The van der Waals surface area contributed by atoms with Gasteiger partial charge < -0.3 is 9.05 Å². The third kappa shape index (κ3) is 3.93. The average Bonchev–Trinajstić information content (AvgIpc) is 2.02. The molecule has 0 saturated carbocycles. The zero-order chi connectivity index (χ0) is 12.1. The second-order valence-corrected chi connectivity index (χ2v) is 4.56. The zero-order valence-corrected chi connectivity index (χ0v) is 9.35. The molecule has 0 aliphatic heterocycles. The lowest BCUT2D eigenvalue weighted by molar-refractivity contribution is -0.133. The van der Waals surface area contributed by atoms with Gasteiger partial charge in [0.1, 0.15) is 0 Å². The van der Waals surface area contributed by atoms with Crippen molar-refractivity contribution < 1.29 is 26.8 Å². The van der Waals surface area contributed by atoms with E-state index in [0.717, 1.165) is 0 Å². The summed E-state index contributed by atoms with van der Waals surface area (Å²) >= 11 is 0. The fourth-order valence-electron chi connectivity index (χ4n) is 0.921. The van der Waals surface area contributed by atoms with Crippen molar-refractivity contribution in [1.82, 2.24) is 0 Å². The molecule has 8 heteroatoms. The average molecular weight is 247 g/mol. The Hall–Kier alpha value is -0.390. The summed E-state index contributed by atoms with van der Waals surface area (Å²) in [6, 6.07) is 0. The largest absolute Gasteiger partial charge is 0.422 e. The molecule has 15 heavy (non-hydrogen) atoms. The highest BCUT2D eigenvalue weighted by molar-refractivity contribution is 7.54. The Morgan fingerprint density at radius 2 is 1.73 bits per heavy atom. The van der Waals surface area contributed by atoms with E-state index in [9.17, 15) is 17.7 Å². The van der Waals surface area contributed by atoms with Crippen LogP contribution in [0.25, 0.3) is 0 Å². The van der Waals surface area contributed by atoms with Gasteiger partial charge in [-0.15, -0.1) is 0 Å². The Labute approximate surface area is 86.0 Å². The van der Waals surface area contributed by atoms with Crippen molar-refractivity contribution in [2.45, 2.75) is 25.8 Å². The molecule has 0 aromatic heterocycles. The molecule has 0 aromatic rings. The molecule has 0 bridgehead atoms. The van der Waals surface area contributed by atoms with Crippen LogP contribution in [-0.4, -0.2) is 31.9 Å². The van der Waals surface area contributed by atoms with Crippen molar-refractivity contribution in [1.29, 1.82) is 0 Å². The number of halogens is 3. The highest BCUT2D eigenvalue weighted by Crippen LogP contribution is 2.58. The van der Waals surface area contributed by atoms with E-state index in [1.807, 2.05) is 0 Å². The van der Waals surface area contributed by atoms with Gasteiger partial charge in [0.05, 0.1) is 13.2 Å². The second-order valence-electron chi connectivity index (χ2n) is 2.47. The van der Waals surface area contributed by atoms with Crippen LogP contribution in [0.5, 0.6) is 0 Å². The molecule has 0 spiro atoms. The minimum atomic E-state index is -4.79. The summed E-state index contributed by atoms with van der Waals surface area (Å²) in [6.45, 7) is 5.29. The molecule has 0 aliphatic carbocycles. The van der Waals surface area contributed by atoms with E-state index < -0.39 is 19.6 Å². The van der Waals surface area contributed by atoms with Gasteiger partial charge in [0.2, 0.25) is 5.78 Å². The molecule has 90 valence electrons. The molecule has 4 nitrogen and oxygen atoms in total. The van der Waals surface area contributed by atoms with Crippen LogP contribution in [0.4, 0.5) is 13.2 Å². The summed E-state index contributed by atoms with van der Waals surface area (Å²) in [4.78, 5) is 2.78. The van der Waals surface area contributed by atoms with E-state index >= 15 is 0 Å². The first-order valence-corrected chi connectivity index (χ1v) is 5.84. The number of hydrogen-bond acceptors (Lipinski definition) is 4. The van der Waals surface area contributed by atoms with Gasteiger partial charge in [-0.25, -0.2) is 0 Å². The minimum absolute atomic E-state index is 0.153. The molecule has 0 saturated heterocycles. The Balaban J connectivity index is 5.02. The lowest BCUT2D eigenvalue weighted by Gasteiger charge is -2.24. The van der Waals surface area contributed by atoms with Gasteiger partial charge in [-0.3, -0.25) is 9.56 Å². The standard InChI is InChI=1S/C7H13F3NO3P/c1-4-13-15(12,14-5-2)6(11-3)7(8,9)10/h6H,3-5H2,1-2H3. The maximum Gasteiger partial charge on any atom is 0.422 e.